The van der Waals surface area contributed by atoms with E-state index in [2.05, 4.69) is 10.4 Å². The zero-order valence-electron chi connectivity index (χ0n) is 10.2. The average molecular weight is 282 g/mol. The van der Waals surface area contributed by atoms with E-state index in [1.165, 1.54) is 13.2 Å². The first-order valence-electron chi connectivity index (χ1n) is 5.55. The highest BCUT2D eigenvalue weighted by Crippen LogP contribution is 2.30. The molecule has 0 fully saturated rings. The monoisotopic (exact) mass is 281 g/mol. The van der Waals surface area contributed by atoms with Crippen molar-refractivity contribution in [1.82, 2.24) is 10.4 Å². The molecule has 0 radical (unpaired) electrons. The molecule has 0 spiro atoms. The zero-order chi connectivity index (χ0) is 13.8. The molecule has 0 bridgehead atoms. The van der Waals surface area contributed by atoms with Crippen LogP contribution in [-0.4, -0.2) is 12.1 Å². The fraction of sp³-hybridized carbons (Fsp3) is 0.154. The maximum absolute atomic E-state index is 13.2. The third-order valence-electron chi connectivity index (χ3n) is 2.73. The molecule has 19 heavy (non-hydrogen) atoms. The molecule has 0 aliphatic heterocycles. The molecule has 3 N–H and O–H groups in total. The van der Waals surface area contributed by atoms with Gasteiger partial charge in [0.1, 0.15) is 11.6 Å². The number of pyridine rings is 1. The van der Waals surface area contributed by atoms with Gasteiger partial charge in [-0.1, -0.05) is 17.7 Å². The zero-order valence-corrected chi connectivity index (χ0v) is 11.0. The Bertz CT molecular complexity index is 580. The van der Waals surface area contributed by atoms with E-state index in [-0.39, 0.29) is 0 Å². The molecule has 1 atom stereocenters. The summed E-state index contributed by atoms with van der Waals surface area (Å²) in [6.07, 6.45) is 2.69. The number of halogens is 2. The number of hydrogen-bond donors (Lipinski definition) is 2. The molecule has 1 aromatic carbocycles. The summed E-state index contributed by atoms with van der Waals surface area (Å²) in [5.74, 6) is 5.66. The molecule has 6 heteroatoms. The van der Waals surface area contributed by atoms with Crippen LogP contribution in [0.1, 0.15) is 17.2 Å². The van der Waals surface area contributed by atoms with E-state index >= 15 is 0 Å². The molecule has 1 aromatic heterocycles. The van der Waals surface area contributed by atoms with Gasteiger partial charge in [-0.3, -0.25) is 10.8 Å². The summed E-state index contributed by atoms with van der Waals surface area (Å²) in [7, 11) is 1.53. The normalized spacial score (nSPS) is 12.2. The molecule has 100 valence electrons. The van der Waals surface area contributed by atoms with Gasteiger partial charge < -0.3 is 4.74 Å². The van der Waals surface area contributed by atoms with Gasteiger partial charge in [0, 0.05) is 6.20 Å². The average Bonchev–Trinajstić information content (AvgIpc) is 2.41. The maximum Gasteiger partial charge on any atom is 0.141 e. The standard InChI is InChI=1S/C13H13ClFN3O/c1-19-12-5-8(2-3-11(12)14)13(18-16)9-4-10(15)7-17-6-9/h2-7,13,18H,16H2,1H3. The van der Waals surface area contributed by atoms with E-state index in [9.17, 15) is 4.39 Å². The summed E-state index contributed by atoms with van der Waals surface area (Å²) in [5.41, 5.74) is 4.05. The third-order valence-corrected chi connectivity index (χ3v) is 3.05. The van der Waals surface area contributed by atoms with Crippen LogP contribution in [0.2, 0.25) is 5.02 Å². The second kappa shape index (κ2) is 5.97. The van der Waals surface area contributed by atoms with Crippen molar-refractivity contribution in [3.05, 3.63) is 58.6 Å². The first kappa shape index (κ1) is 13.7. The Hall–Kier alpha value is -1.69. The molecule has 0 aliphatic carbocycles. The lowest BCUT2D eigenvalue weighted by atomic mass is 10.0. The Morgan fingerprint density at radius 1 is 1.32 bits per heavy atom. The lowest BCUT2D eigenvalue weighted by Gasteiger charge is -2.17. The van der Waals surface area contributed by atoms with Crippen LogP contribution in [0.5, 0.6) is 5.75 Å². The molecule has 0 aliphatic rings. The van der Waals surface area contributed by atoms with Gasteiger partial charge in [0.15, 0.2) is 0 Å². The van der Waals surface area contributed by atoms with Gasteiger partial charge in [-0.05, 0) is 29.3 Å². The fourth-order valence-electron chi connectivity index (χ4n) is 1.83. The SMILES string of the molecule is COc1cc(C(NN)c2cncc(F)c2)ccc1Cl. The van der Waals surface area contributed by atoms with Crippen LogP contribution in [0, 0.1) is 5.82 Å². The minimum Gasteiger partial charge on any atom is -0.495 e. The van der Waals surface area contributed by atoms with Gasteiger partial charge in [0.05, 0.1) is 24.4 Å². The number of nitrogens with zero attached hydrogens (tertiary/aromatic N) is 1. The second-order valence-electron chi connectivity index (χ2n) is 3.93. The van der Waals surface area contributed by atoms with Crippen LogP contribution in [0.25, 0.3) is 0 Å². The summed E-state index contributed by atoms with van der Waals surface area (Å²) in [6.45, 7) is 0. The van der Waals surface area contributed by atoms with Gasteiger partial charge in [-0.25, -0.2) is 9.82 Å². The van der Waals surface area contributed by atoms with Crippen LogP contribution < -0.4 is 16.0 Å². The largest absolute Gasteiger partial charge is 0.495 e. The van der Waals surface area contributed by atoms with Crippen molar-refractivity contribution >= 4 is 11.6 Å². The van der Waals surface area contributed by atoms with Crippen molar-refractivity contribution in [2.24, 2.45) is 5.84 Å². The van der Waals surface area contributed by atoms with Crippen LogP contribution in [-0.2, 0) is 0 Å². The number of hydrogen-bond acceptors (Lipinski definition) is 4. The molecular weight excluding hydrogens is 269 g/mol. The Morgan fingerprint density at radius 3 is 2.74 bits per heavy atom. The Labute approximate surface area is 115 Å². The molecule has 2 rings (SSSR count). The van der Waals surface area contributed by atoms with Crippen molar-refractivity contribution in [1.29, 1.82) is 0 Å². The number of nitrogens with one attached hydrogen (secondary N) is 1. The summed E-state index contributed by atoms with van der Waals surface area (Å²) in [5, 5.41) is 0.499. The number of methoxy groups -OCH3 is 1. The van der Waals surface area contributed by atoms with Crippen molar-refractivity contribution in [3.8, 4) is 5.75 Å². The molecule has 2 aromatic rings. The van der Waals surface area contributed by atoms with Gasteiger partial charge in [0.25, 0.3) is 0 Å². The van der Waals surface area contributed by atoms with E-state index in [4.69, 9.17) is 22.2 Å². The topological polar surface area (TPSA) is 60.2 Å². The van der Waals surface area contributed by atoms with E-state index in [0.29, 0.717) is 16.3 Å². The van der Waals surface area contributed by atoms with Crippen molar-refractivity contribution in [2.75, 3.05) is 7.11 Å². The van der Waals surface area contributed by atoms with Crippen molar-refractivity contribution < 1.29 is 9.13 Å². The Kier molecular flexibility index (Phi) is 4.31. The first-order chi connectivity index (χ1) is 9.15. The van der Waals surface area contributed by atoms with Gasteiger partial charge >= 0.3 is 0 Å². The van der Waals surface area contributed by atoms with E-state index < -0.39 is 11.9 Å². The Balaban J connectivity index is 2.42. The van der Waals surface area contributed by atoms with Crippen molar-refractivity contribution in [3.63, 3.8) is 0 Å². The number of rotatable bonds is 4. The van der Waals surface area contributed by atoms with Crippen LogP contribution in [0.3, 0.4) is 0 Å². The summed E-state index contributed by atoms with van der Waals surface area (Å²) >= 11 is 5.97. The van der Waals surface area contributed by atoms with Gasteiger partial charge in [0.2, 0.25) is 0 Å². The maximum atomic E-state index is 13.2. The van der Waals surface area contributed by atoms with Crippen LogP contribution in [0.4, 0.5) is 4.39 Å². The fourth-order valence-corrected chi connectivity index (χ4v) is 2.02. The minimum absolute atomic E-state index is 0.394. The molecular formula is C13H13ClFN3O. The van der Waals surface area contributed by atoms with Crippen molar-refractivity contribution in [2.45, 2.75) is 6.04 Å². The third kappa shape index (κ3) is 3.01. The van der Waals surface area contributed by atoms with Crippen LogP contribution >= 0.6 is 11.6 Å². The summed E-state index contributed by atoms with van der Waals surface area (Å²) < 4.78 is 18.4. The molecule has 1 unspecified atom stereocenters. The quantitative estimate of drug-likeness (QED) is 0.667. The lowest BCUT2D eigenvalue weighted by molar-refractivity contribution is 0.414. The Morgan fingerprint density at radius 2 is 2.11 bits per heavy atom. The predicted molar refractivity (Wildman–Crippen MR) is 71.4 cm³/mol. The summed E-state index contributed by atoms with van der Waals surface area (Å²) in [6, 6.07) is 6.22. The number of nitrogens with two attached hydrogens (primary N) is 1. The molecule has 0 saturated carbocycles. The molecule has 4 nitrogen and oxygen atoms in total. The highest BCUT2D eigenvalue weighted by atomic mass is 35.5. The number of ether oxygens (including phenoxy) is 1. The predicted octanol–water partition coefficient (Wildman–Crippen LogP) is 2.44. The number of aromatic nitrogens is 1. The van der Waals surface area contributed by atoms with E-state index in [1.54, 1.807) is 24.4 Å². The van der Waals surface area contributed by atoms with Crippen LogP contribution in [0.15, 0.2) is 36.7 Å². The lowest BCUT2D eigenvalue weighted by Crippen LogP contribution is -2.29. The highest BCUT2D eigenvalue weighted by Gasteiger charge is 2.15. The molecule has 0 saturated heterocycles. The van der Waals surface area contributed by atoms with E-state index in [1.807, 2.05) is 0 Å². The van der Waals surface area contributed by atoms with E-state index in [0.717, 1.165) is 11.8 Å². The number of benzene rings is 1. The first-order valence-corrected chi connectivity index (χ1v) is 5.93. The van der Waals surface area contributed by atoms with Gasteiger partial charge in [-0.15, -0.1) is 0 Å². The highest BCUT2D eigenvalue weighted by molar-refractivity contribution is 6.32. The smallest absolute Gasteiger partial charge is 0.141 e. The summed E-state index contributed by atoms with van der Waals surface area (Å²) in [4.78, 5) is 3.81. The minimum atomic E-state index is -0.418. The second-order valence-corrected chi connectivity index (χ2v) is 4.34. The molecule has 1 heterocycles. The number of hydrazine groups is 1. The van der Waals surface area contributed by atoms with Gasteiger partial charge in [-0.2, -0.15) is 0 Å². The molecule has 0 amide bonds.